The van der Waals surface area contributed by atoms with E-state index >= 15 is 0 Å². The first-order valence-corrected chi connectivity index (χ1v) is 9.88. The molecule has 3 heterocycles. The van der Waals surface area contributed by atoms with Crippen molar-refractivity contribution >= 4 is 28.5 Å². The topological polar surface area (TPSA) is 75.5 Å². The minimum Gasteiger partial charge on any atom is -0.497 e. The third-order valence-corrected chi connectivity index (χ3v) is 5.63. The lowest BCUT2D eigenvalue weighted by molar-refractivity contribution is 0.415. The van der Waals surface area contributed by atoms with E-state index in [0.717, 1.165) is 21.5 Å². The van der Waals surface area contributed by atoms with E-state index in [-0.39, 0.29) is 0 Å². The number of rotatable bonds is 3. The highest BCUT2D eigenvalue weighted by Gasteiger charge is 2.22. The molecule has 9 heteroatoms. The van der Waals surface area contributed by atoms with Crippen LogP contribution in [0.25, 0.3) is 33.9 Å². The average Bonchev–Trinajstić information content (AvgIpc) is 3.32. The first kappa shape index (κ1) is 19.2. The summed E-state index contributed by atoms with van der Waals surface area (Å²) in [5.74, 6) is 1.20. The van der Waals surface area contributed by atoms with Gasteiger partial charge in [0.25, 0.3) is 5.56 Å². The summed E-state index contributed by atoms with van der Waals surface area (Å²) < 4.78 is 11.5. The van der Waals surface area contributed by atoms with E-state index in [0.29, 0.717) is 27.7 Å². The van der Waals surface area contributed by atoms with E-state index in [1.165, 1.54) is 11.6 Å². The molecular formula is C22H18ClN5O3. The molecular weight excluding hydrogens is 418 g/mol. The summed E-state index contributed by atoms with van der Waals surface area (Å²) in [4.78, 5) is 30.0. The fourth-order valence-electron chi connectivity index (χ4n) is 3.83. The molecule has 156 valence electrons. The second-order valence-electron chi connectivity index (χ2n) is 7.22. The van der Waals surface area contributed by atoms with E-state index < -0.39 is 11.2 Å². The van der Waals surface area contributed by atoms with Crippen LogP contribution in [0.5, 0.6) is 5.75 Å². The number of nitrogens with zero attached hydrogens (tertiary/aromatic N) is 5. The lowest BCUT2D eigenvalue weighted by Gasteiger charge is -2.10. The highest BCUT2D eigenvalue weighted by atomic mass is 35.5. The summed E-state index contributed by atoms with van der Waals surface area (Å²) in [6, 6.07) is 15.0. The molecule has 0 unspecified atom stereocenters. The first-order chi connectivity index (χ1) is 14.9. The molecule has 8 nitrogen and oxygen atoms in total. The molecule has 0 fully saturated rings. The molecule has 0 spiro atoms. The number of aryl methyl sites for hydroxylation is 1. The molecule has 5 rings (SSSR count). The molecule has 0 bridgehead atoms. The van der Waals surface area contributed by atoms with Crippen LogP contribution >= 0.6 is 11.6 Å². The minimum absolute atomic E-state index is 0.316. The Morgan fingerprint density at radius 2 is 1.77 bits per heavy atom. The Morgan fingerprint density at radius 3 is 2.52 bits per heavy atom. The summed E-state index contributed by atoms with van der Waals surface area (Å²) in [5.41, 5.74) is 2.24. The van der Waals surface area contributed by atoms with Crippen molar-refractivity contribution in [1.29, 1.82) is 0 Å². The normalized spacial score (nSPS) is 11.5. The molecule has 0 saturated carbocycles. The van der Waals surface area contributed by atoms with Crippen LogP contribution in [0.2, 0.25) is 5.02 Å². The Bertz CT molecular complexity index is 1610. The van der Waals surface area contributed by atoms with Gasteiger partial charge in [0, 0.05) is 30.9 Å². The van der Waals surface area contributed by atoms with E-state index in [1.807, 2.05) is 53.2 Å². The Morgan fingerprint density at radius 1 is 1.00 bits per heavy atom. The molecule has 0 aliphatic rings. The maximum absolute atomic E-state index is 13.0. The smallest absolute Gasteiger partial charge is 0.332 e. The summed E-state index contributed by atoms with van der Waals surface area (Å²) in [5, 5.41) is 0.570. The zero-order chi connectivity index (χ0) is 21.9. The number of hydrogen-bond acceptors (Lipinski definition) is 4. The predicted molar refractivity (Wildman–Crippen MR) is 120 cm³/mol. The van der Waals surface area contributed by atoms with Crippen LogP contribution in [0.3, 0.4) is 0 Å². The molecule has 0 aliphatic heterocycles. The van der Waals surface area contributed by atoms with Crippen molar-refractivity contribution < 1.29 is 4.74 Å². The fraction of sp³-hybridized carbons (Fsp3) is 0.136. The molecule has 0 radical (unpaired) electrons. The number of fused-ring (bicyclic) bond motifs is 3. The lowest BCUT2D eigenvalue weighted by atomic mass is 10.1. The number of methoxy groups -OCH3 is 1. The van der Waals surface area contributed by atoms with Crippen molar-refractivity contribution in [3.63, 3.8) is 0 Å². The largest absolute Gasteiger partial charge is 0.497 e. The van der Waals surface area contributed by atoms with Crippen molar-refractivity contribution in [2.45, 2.75) is 0 Å². The van der Waals surface area contributed by atoms with Gasteiger partial charge in [-0.1, -0.05) is 29.8 Å². The lowest BCUT2D eigenvalue weighted by Crippen LogP contribution is -2.37. The van der Waals surface area contributed by atoms with Gasteiger partial charge >= 0.3 is 5.69 Å². The molecule has 0 N–H and O–H groups in total. The molecule has 0 atom stereocenters. The number of aromatic nitrogens is 5. The van der Waals surface area contributed by atoms with Gasteiger partial charge in [0.2, 0.25) is 5.78 Å². The third-order valence-electron chi connectivity index (χ3n) is 5.40. The van der Waals surface area contributed by atoms with E-state index in [1.54, 1.807) is 24.6 Å². The Labute approximate surface area is 181 Å². The fourth-order valence-corrected chi connectivity index (χ4v) is 4.01. The molecule has 0 aliphatic carbocycles. The number of hydrogen-bond donors (Lipinski definition) is 0. The predicted octanol–water partition coefficient (Wildman–Crippen LogP) is 3.00. The van der Waals surface area contributed by atoms with Gasteiger partial charge in [-0.3, -0.25) is 22.9 Å². The second-order valence-corrected chi connectivity index (χ2v) is 7.66. The van der Waals surface area contributed by atoms with Crippen LogP contribution in [0.4, 0.5) is 0 Å². The quantitative estimate of drug-likeness (QED) is 0.436. The minimum atomic E-state index is -0.430. The van der Waals surface area contributed by atoms with Crippen LogP contribution in [-0.2, 0) is 14.1 Å². The highest BCUT2D eigenvalue weighted by molar-refractivity contribution is 6.30. The average molecular weight is 436 g/mol. The van der Waals surface area contributed by atoms with Crippen molar-refractivity contribution in [2.24, 2.45) is 14.1 Å². The van der Waals surface area contributed by atoms with Crippen LogP contribution < -0.4 is 16.0 Å². The maximum Gasteiger partial charge on any atom is 0.332 e. The van der Waals surface area contributed by atoms with Gasteiger partial charge in [-0.15, -0.1) is 0 Å². The van der Waals surface area contributed by atoms with Crippen LogP contribution in [-0.4, -0.2) is 30.2 Å². The monoisotopic (exact) mass is 435 g/mol. The van der Waals surface area contributed by atoms with Gasteiger partial charge in [-0.05, 0) is 30.3 Å². The van der Waals surface area contributed by atoms with E-state index in [4.69, 9.17) is 16.3 Å². The molecule has 5 aromatic rings. The van der Waals surface area contributed by atoms with Crippen LogP contribution in [0.15, 0.2) is 64.3 Å². The zero-order valence-electron chi connectivity index (χ0n) is 17.0. The Balaban J connectivity index is 1.96. The first-order valence-electron chi connectivity index (χ1n) is 9.50. The van der Waals surface area contributed by atoms with Gasteiger partial charge in [-0.25, -0.2) is 4.79 Å². The van der Waals surface area contributed by atoms with Gasteiger partial charge in [0.15, 0.2) is 11.2 Å². The van der Waals surface area contributed by atoms with Crippen molar-refractivity contribution in [2.75, 3.05) is 7.11 Å². The van der Waals surface area contributed by atoms with Crippen LogP contribution in [0.1, 0.15) is 0 Å². The summed E-state index contributed by atoms with van der Waals surface area (Å²) in [7, 11) is 4.67. The zero-order valence-corrected chi connectivity index (χ0v) is 17.8. The second kappa shape index (κ2) is 6.88. The van der Waals surface area contributed by atoms with Gasteiger partial charge < -0.3 is 4.74 Å². The van der Waals surface area contributed by atoms with Gasteiger partial charge in [0.05, 0.1) is 18.5 Å². The number of imidazole rings is 2. The highest BCUT2D eigenvalue weighted by Crippen LogP contribution is 2.31. The number of halogens is 1. The van der Waals surface area contributed by atoms with Crippen LogP contribution in [0, 0.1) is 0 Å². The Hall–Kier alpha value is -3.78. The number of ether oxygens (including phenoxy) is 1. The molecule has 31 heavy (non-hydrogen) atoms. The van der Waals surface area contributed by atoms with Crippen molar-refractivity contribution in [1.82, 2.24) is 23.1 Å². The van der Waals surface area contributed by atoms with Gasteiger partial charge in [-0.2, -0.15) is 4.98 Å². The molecule has 0 amide bonds. The summed E-state index contributed by atoms with van der Waals surface area (Å²) in [6.07, 6.45) is 1.84. The summed E-state index contributed by atoms with van der Waals surface area (Å²) in [6.45, 7) is 0. The standard InChI is InChI=1S/C22H18ClN5O3/c1-25-19-18(20(29)26(2)22(25)30)27-12-17(13-6-4-9-16(10-13)31-3)28(21(27)24-19)15-8-5-7-14(23)11-15/h4-12H,1-3H3. The molecule has 3 aromatic heterocycles. The molecule has 0 saturated heterocycles. The van der Waals surface area contributed by atoms with Gasteiger partial charge in [0.1, 0.15) is 5.75 Å². The SMILES string of the molecule is COc1cccc(-c2cn3c4c(=O)n(C)c(=O)n(C)c4nc3n2-c2cccc(Cl)c2)c1. The Kier molecular flexibility index (Phi) is 4.26. The van der Waals surface area contributed by atoms with E-state index in [2.05, 4.69) is 4.98 Å². The maximum atomic E-state index is 13.0. The van der Waals surface area contributed by atoms with Crippen molar-refractivity contribution in [3.05, 3.63) is 80.6 Å². The van der Waals surface area contributed by atoms with E-state index in [9.17, 15) is 9.59 Å². The molecule has 2 aromatic carbocycles. The number of benzene rings is 2. The summed E-state index contributed by atoms with van der Waals surface area (Å²) >= 11 is 6.27. The third kappa shape index (κ3) is 2.79. The van der Waals surface area contributed by atoms with Crippen molar-refractivity contribution in [3.8, 4) is 22.7 Å².